The second-order valence-electron chi connectivity index (χ2n) is 3.04. The van der Waals surface area contributed by atoms with Crippen molar-refractivity contribution in [1.82, 2.24) is 4.98 Å². The van der Waals surface area contributed by atoms with Gasteiger partial charge in [0.15, 0.2) is 0 Å². The van der Waals surface area contributed by atoms with Crippen LogP contribution in [0.3, 0.4) is 0 Å². The van der Waals surface area contributed by atoms with Gasteiger partial charge in [-0.1, -0.05) is 30.3 Å². The molecule has 0 aliphatic rings. The number of nitrogens with one attached hydrogen (secondary N) is 1. The third-order valence-electron chi connectivity index (χ3n) is 2.24. The third kappa shape index (κ3) is 0.872. The minimum atomic E-state index is 1.03. The van der Waals surface area contributed by atoms with Gasteiger partial charge in [-0.05, 0) is 12.1 Å². The highest BCUT2D eigenvalue weighted by Crippen LogP contribution is 2.23. The highest BCUT2D eigenvalue weighted by molar-refractivity contribution is 6.06. The summed E-state index contributed by atoms with van der Waals surface area (Å²) in [4.78, 5) is 3.29. The predicted octanol–water partition coefficient (Wildman–Crippen LogP) is 2.92. The summed E-state index contributed by atoms with van der Waals surface area (Å²) in [6.45, 7) is 0. The van der Waals surface area contributed by atoms with E-state index in [0.29, 0.717) is 0 Å². The molecule has 0 saturated carbocycles. The minimum Gasteiger partial charge on any atom is -0.354 e. The molecule has 1 N–H and O–H groups in total. The Kier molecular flexibility index (Phi) is 1.22. The molecule has 3 rings (SSSR count). The van der Waals surface area contributed by atoms with Gasteiger partial charge in [-0.3, -0.25) is 0 Å². The number of benzene rings is 2. The summed E-state index contributed by atoms with van der Waals surface area (Å²) >= 11 is 0. The van der Waals surface area contributed by atoms with Gasteiger partial charge < -0.3 is 4.98 Å². The van der Waals surface area contributed by atoms with E-state index in [1.54, 1.807) is 0 Å². The van der Waals surface area contributed by atoms with Gasteiger partial charge in [0.05, 0.1) is 5.52 Å². The molecule has 1 heteroatoms. The van der Waals surface area contributed by atoms with Crippen molar-refractivity contribution in [2.45, 2.75) is 0 Å². The third-order valence-corrected chi connectivity index (χ3v) is 2.24. The zero-order valence-electron chi connectivity index (χ0n) is 6.96. The van der Waals surface area contributed by atoms with Crippen LogP contribution in [0.2, 0.25) is 0 Å². The summed E-state index contributed by atoms with van der Waals surface area (Å²) < 4.78 is 0. The van der Waals surface area contributed by atoms with Crippen LogP contribution < -0.4 is 0 Å². The lowest BCUT2D eigenvalue weighted by Crippen LogP contribution is -1.64. The van der Waals surface area contributed by atoms with E-state index in [-0.39, 0.29) is 0 Å². The van der Waals surface area contributed by atoms with Crippen LogP contribution in [0.4, 0.5) is 0 Å². The number of rotatable bonds is 0. The first-order valence-electron chi connectivity index (χ1n) is 4.24. The van der Waals surface area contributed by atoms with Crippen LogP contribution in [-0.2, 0) is 0 Å². The van der Waals surface area contributed by atoms with Crippen molar-refractivity contribution >= 4 is 21.8 Å². The standard InChI is InChI=1S/C12H7N/c1-3-7-11-9(5-1)10-6-2-4-8-12(10)13-11/h1-5,7,13H. The molecule has 0 bridgehead atoms. The topological polar surface area (TPSA) is 15.8 Å². The fraction of sp³-hybridized carbons (Fsp3) is 0. The summed E-state index contributed by atoms with van der Waals surface area (Å²) in [6.07, 6.45) is 0. The fourth-order valence-corrected chi connectivity index (χ4v) is 1.65. The van der Waals surface area contributed by atoms with Gasteiger partial charge in [0, 0.05) is 22.4 Å². The molecule has 0 spiro atoms. The quantitative estimate of drug-likeness (QED) is 0.527. The Bertz CT molecular complexity index is 513. The molecule has 3 aromatic rings. The zero-order chi connectivity index (χ0) is 8.67. The summed E-state index contributed by atoms with van der Waals surface area (Å²) in [5.74, 6) is 0. The molecule has 0 atom stereocenters. The van der Waals surface area contributed by atoms with Crippen molar-refractivity contribution in [3.05, 3.63) is 48.5 Å². The maximum absolute atomic E-state index is 3.29. The number of hydrogen-bond donors (Lipinski definition) is 1. The van der Waals surface area contributed by atoms with Gasteiger partial charge in [0.1, 0.15) is 0 Å². The smallest absolute Gasteiger partial charge is 0.0551 e. The zero-order valence-corrected chi connectivity index (χ0v) is 6.96. The van der Waals surface area contributed by atoms with Gasteiger partial charge in [-0.15, -0.1) is 0 Å². The van der Waals surface area contributed by atoms with Gasteiger partial charge in [-0.2, -0.15) is 0 Å². The maximum Gasteiger partial charge on any atom is 0.0551 e. The lowest BCUT2D eigenvalue weighted by molar-refractivity contribution is 1.54. The molecule has 0 aliphatic carbocycles. The van der Waals surface area contributed by atoms with Crippen LogP contribution in [0.25, 0.3) is 21.8 Å². The van der Waals surface area contributed by atoms with Crippen LogP contribution in [0.1, 0.15) is 0 Å². The van der Waals surface area contributed by atoms with Gasteiger partial charge in [-0.25, -0.2) is 0 Å². The molecule has 0 fully saturated rings. The van der Waals surface area contributed by atoms with E-state index in [4.69, 9.17) is 0 Å². The van der Waals surface area contributed by atoms with Crippen molar-refractivity contribution in [1.29, 1.82) is 0 Å². The van der Waals surface area contributed by atoms with E-state index in [1.807, 2.05) is 24.3 Å². The second kappa shape index (κ2) is 2.36. The highest BCUT2D eigenvalue weighted by Gasteiger charge is 2.00. The highest BCUT2D eigenvalue weighted by atomic mass is 14.7. The Labute approximate surface area is 76.0 Å². The van der Waals surface area contributed by atoms with Gasteiger partial charge >= 0.3 is 0 Å². The molecule has 1 heterocycles. The Balaban J connectivity index is 2.64. The first-order chi connectivity index (χ1) is 6.45. The van der Waals surface area contributed by atoms with E-state index in [0.717, 1.165) is 16.4 Å². The van der Waals surface area contributed by atoms with Gasteiger partial charge in [0.2, 0.25) is 0 Å². The average molecular weight is 165 g/mol. The summed E-state index contributed by atoms with van der Waals surface area (Å²) in [6, 6.07) is 18.4. The van der Waals surface area contributed by atoms with E-state index >= 15 is 0 Å². The van der Waals surface area contributed by atoms with E-state index in [2.05, 4.69) is 29.2 Å². The molecule has 0 unspecified atom stereocenters. The monoisotopic (exact) mass is 165 g/mol. The SMILES string of the molecule is [c]1cc[c]c2c1[nH]c1ccccc12. The molecule has 60 valence electrons. The van der Waals surface area contributed by atoms with Crippen molar-refractivity contribution < 1.29 is 0 Å². The molecule has 2 radical (unpaired) electrons. The Morgan fingerprint density at radius 3 is 2.85 bits per heavy atom. The van der Waals surface area contributed by atoms with Crippen LogP contribution in [-0.4, -0.2) is 4.98 Å². The van der Waals surface area contributed by atoms with Crippen LogP contribution in [0, 0.1) is 12.1 Å². The van der Waals surface area contributed by atoms with Crippen molar-refractivity contribution in [2.75, 3.05) is 0 Å². The molecule has 0 saturated heterocycles. The van der Waals surface area contributed by atoms with Crippen molar-refractivity contribution in [3.8, 4) is 0 Å². The second-order valence-corrected chi connectivity index (χ2v) is 3.04. The lowest BCUT2D eigenvalue weighted by atomic mass is 10.2. The molecule has 2 aromatic carbocycles. The Hall–Kier alpha value is -1.76. The summed E-state index contributed by atoms with van der Waals surface area (Å²) in [5.41, 5.74) is 2.18. The molecule has 1 nitrogen and oxygen atoms in total. The molecular weight excluding hydrogens is 158 g/mol. The summed E-state index contributed by atoms with van der Waals surface area (Å²) in [7, 11) is 0. The normalized spacial score (nSPS) is 11.1. The van der Waals surface area contributed by atoms with E-state index < -0.39 is 0 Å². The molecule has 1 aromatic heterocycles. The molecular formula is C12H7N. The fourth-order valence-electron chi connectivity index (χ4n) is 1.65. The van der Waals surface area contributed by atoms with Crippen LogP contribution >= 0.6 is 0 Å². The number of aromatic nitrogens is 1. The molecule has 0 amide bonds. The van der Waals surface area contributed by atoms with Crippen molar-refractivity contribution in [2.24, 2.45) is 0 Å². The first kappa shape index (κ1) is 6.72. The average Bonchev–Trinajstić information content (AvgIpc) is 2.56. The Morgan fingerprint density at radius 1 is 1.00 bits per heavy atom. The number of aromatic amines is 1. The number of hydrogen-bond acceptors (Lipinski definition) is 0. The van der Waals surface area contributed by atoms with E-state index in [1.165, 1.54) is 5.39 Å². The Morgan fingerprint density at radius 2 is 1.85 bits per heavy atom. The predicted molar refractivity (Wildman–Crippen MR) is 53.5 cm³/mol. The van der Waals surface area contributed by atoms with Crippen LogP contribution in [0.15, 0.2) is 36.4 Å². The number of H-pyrrole nitrogens is 1. The number of fused-ring (bicyclic) bond motifs is 3. The summed E-state index contributed by atoms with van der Waals surface area (Å²) in [5, 5.41) is 2.34. The lowest BCUT2D eigenvalue weighted by Gasteiger charge is -1.86. The van der Waals surface area contributed by atoms with E-state index in [9.17, 15) is 0 Å². The van der Waals surface area contributed by atoms with Crippen molar-refractivity contribution in [3.63, 3.8) is 0 Å². The van der Waals surface area contributed by atoms with Gasteiger partial charge in [0.25, 0.3) is 0 Å². The first-order valence-corrected chi connectivity index (χ1v) is 4.24. The minimum absolute atomic E-state index is 1.03. The number of para-hydroxylation sites is 1. The largest absolute Gasteiger partial charge is 0.354 e. The molecule has 13 heavy (non-hydrogen) atoms. The maximum atomic E-state index is 3.29. The van der Waals surface area contributed by atoms with Crippen LogP contribution in [0.5, 0.6) is 0 Å². The molecule has 0 aliphatic heterocycles.